The van der Waals surface area contributed by atoms with E-state index >= 15 is 0 Å². The van der Waals surface area contributed by atoms with Gasteiger partial charge in [-0.2, -0.15) is 0 Å². The average molecular weight is 194 g/mol. The largest absolute Gasteiger partial charge is 0.0853 e. The third kappa shape index (κ3) is 3.86. The van der Waals surface area contributed by atoms with Crippen molar-refractivity contribution >= 4 is 0 Å². The van der Waals surface area contributed by atoms with Crippen LogP contribution in [-0.2, 0) is 0 Å². The van der Waals surface area contributed by atoms with Crippen LogP contribution in [0, 0.1) is 11.8 Å². The van der Waals surface area contributed by atoms with Crippen LogP contribution in [0.15, 0.2) is 11.6 Å². The van der Waals surface area contributed by atoms with Crippen LogP contribution in [0.3, 0.4) is 0 Å². The van der Waals surface area contributed by atoms with Crippen molar-refractivity contribution in [2.75, 3.05) is 0 Å². The molecule has 1 aliphatic rings. The predicted molar refractivity (Wildman–Crippen MR) is 64.4 cm³/mol. The standard InChI is InChI=1S/C14H26/c1-4-7-14-11-6-9-12(2)8-5-10-13(14)3/h7,12-13H,4-6,8-11H2,1-3H3. The summed E-state index contributed by atoms with van der Waals surface area (Å²) in [6.45, 7) is 7.09. The van der Waals surface area contributed by atoms with E-state index in [9.17, 15) is 0 Å². The predicted octanol–water partition coefficient (Wildman–Crippen LogP) is 4.95. The van der Waals surface area contributed by atoms with Crippen molar-refractivity contribution < 1.29 is 0 Å². The fourth-order valence-corrected chi connectivity index (χ4v) is 2.57. The third-order valence-electron chi connectivity index (χ3n) is 3.60. The van der Waals surface area contributed by atoms with Gasteiger partial charge in [0.05, 0.1) is 0 Å². The smallest absolute Gasteiger partial charge is 0.0232 e. The molecule has 1 aliphatic carbocycles. The van der Waals surface area contributed by atoms with Crippen LogP contribution >= 0.6 is 0 Å². The van der Waals surface area contributed by atoms with Gasteiger partial charge in [0, 0.05) is 0 Å². The van der Waals surface area contributed by atoms with Gasteiger partial charge in [0.25, 0.3) is 0 Å². The molecular formula is C14H26. The normalized spacial score (nSPS) is 33.5. The molecule has 0 bridgehead atoms. The average Bonchev–Trinajstić information content (AvgIpc) is 2.21. The van der Waals surface area contributed by atoms with Gasteiger partial charge in [-0.15, -0.1) is 0 Å². The number of hydrogen-bond acceptors (Lipinski definition) is 0. The minimum atomic E-state index is 0.847. The van der Waals surface area contributed by atoms with Crippen LogP contribution in [0.2, 0.25) is 0 Å². The summed E-state index contributed by atoms with van der Waals surface area (Å²) in [7, 11) is 0. The zero-order chi connectivity index (χ0) is 10.4. The first-order valence-electron chi connectivity index (χ1n) is 6.43. The molecule has 1 fully saturated rings. The molecule has 0 aliphatic heterocycles. The van der Waals surface area contributed by atoms with Crippen molar-refractivity contribution in [2.24, 2.45) is 11.8 Å². The Balaban J connectivity index is 2.54. The molecule has 0 radical (unpaired) electrons. The summed E-state index contributed by atoms with van der Waals surface area (Å²) in [5.41, 5.74) is 1.74. The summed E-state index contributed by atoms with van der Waals surface area (Å²) in [4.78, 5) is 0. The van der Waals surface area contributed by atoms with Gasteiger partial charge in [0.15, 0.2) is 0 Å². The monoisotopic (exact) mass is 194 g/mol. The molecule has 2 atom stereocenters. The molecule has 1 saturated carbocycles. The Kier molecular flexibility index (Phi) is 5.29. The minimum absolute atomic E-state index is 0.847. The van der Waals surface area contributed by atoms with E-state index in [0.717, 1.165) is 11.8 Å². The van der Waals surface area contributed by atoms with Crippen molar-refractivity contribution in [1.82, 2.24) is 0 Å². The molecule has 82 valence electrons. The molecule has 0 saturated heterocycles. The molecule has 14 heavy (non-hydrogen) atoms. The van der Waals surface area contributed by atoms with E-state index in [0.29, 0.717) is 0 Å². The van der Waals surface area contributed by atoms with E-state index < -0.39 is 0 Å². The first-order chi connectivity index (χ1) is 6.74. The summed E-state index contributed by atoms with van der Waals surface area (Å²) in [5, 5.41) is 0. The van der Waals surface area contributed by atoms with E-state index in [-0.39, 0.29) is 0 Å². The SMILES string of the molecule is CCC=C1CCCC(C)CCCC1C. The van der Waals surface area contributed by atoms with Gasteiger partial charge in [-0.25, -0.2) is 0 Å². The lowest BCUT2D eigenvalue weighted by Crippen LogP contribution is -1.99. The number of rotatable bonds is 1. The Hall–Kier alpha value is -0.260. The van der Waals surface area contributed by atoms with Crippen molar-refractivity contribution in [3.8, 4) is 0 Å². The van der Waals surface area contributed by atoms with E-state index in [4.69, 9.17) is 0 Å². The molecule has 0 aromatic rings. The molecule has 0 N–H and O–H groups in total. The maximum absolute atomic E-state index is 2.47. The van der Waals surface area contributed by atoms with Gasteiger partial charge >= 0.3 is 0 Å². The first kappa shape index (κ1) is 11.8. The van der Waals surface area contributed by atoms with E-state index in [1.165, 1.54) is 44.9 Å². The van der Waals surface area contributed by atoms with Gasteiger partial charge in [0.2, 0.25) is 0 Å². The second-order valence-corrected chi connectivity index (χ2v) is 5.02. The molecule has 0 heteroatoms. The zero-order valence-corrected chi connectivity index (χ0v) is 10.2. The summed E-state index contributed by atoms with van der Waals surface area (Å²) in [6, 6.07) is 0. The highest BCUT2D eigenvalue weighted by Crippen LogP contribution is 2.28. The quantitative estimate of drug-likeness (QED) is 0.518. The molecule has 0 amide bonds. The van der Waals surface area contributed by atoms with Crippen LogP contribution in [-0.4, -0.2) is 0 Å². The lowest BCUT2D eigenvalue weighted by atomic mass is 9.92. The number of hydrogen-bond donors (Lipinski definition) is 0. The Morgan fingerprint density at radius 3 is 2.57 bits per heavy atom. The molecular weight excluding hydrogens is 168 g/mol. The van der Waals surface area contributed by atoms with E-state index in [1.54, 1.807) is 5.57 Å². The first-order valence-corrected chi connectivity index (χ1v) is 6.43. The lowest BCUT2D eigenvalue weighted by molar-refractivity contribution is 0.456. The summed E-state index contributed by atoms with van der Waals surface area (Å²) in [5.74, 6) is 1.81. The van der Waals surface area contributed by atoms with Gasteiger partial charge in [-0.05, 0) is 37.5 Å². The fourth-order valence-electron chi connectivity index (χ4n) is 2.57. The second-order valence-electron chi connectivity index (χ2n) is 5.02. The molecule has 0 nitrogen and oxygen atoms in total. The topological polar surface area (TPSA) is 0 Å². The van der Waals surface area contributed by atoms with Crippen LogP contribution in [0.5, 0.6) is 0 Å². The highest BCUT2D eigenvalue weighted by atomic mass is 14.2. The van der Waals surface area contributed by atoms with Crippen LogP contribution in [0.25, 0.3) is 0 Å². The molecule has 1 rings (SSSR count). The van der Waals surface area contributed by atoms with Crippen molar-refractivity contribution in [3.63, 3.8) is 0 Å². The van der Waals surface area contributed by atoms with Gasteiger partial charge in [-0.3, -0.25) is 0 Å². The molecule has 0 heterocycles. The van der Waals surface area contributed by atoms with E-state index in [2.05, 4.69) is 26.8 Å². The summed E-state index contributed by atoms with van der Waals surface area (Å²) < 4.78 is 0. The molecule has 2 unspecified atom stereocenters. The van der Waals surface area contributed by atoms with Crippen molar-refractivity contribution in [2.45, 2.75) is 65.7 Å². The van der Waals surface area contributed by atoms with Crippen LogP contribution < -0.4 is 0 Å². The Bertz CT molecular complexity index is 178. The summed E-state index contributed by atoms with van der Waals surface area (Å²) in [6.07, 6.45) is 12.2. The fraction of sp³-hybridized carbons (Fsp3) is 0.857. The van der Waals surface area contributed by atoms with Crippen LogP contribution in [0.4, 0.5) is 0 Å². The Labute approximate surface area is 89.8 Å². The molecule has 0 aromatic carbocycles. The van der Waals surface area contributed by atoms with Gasteiger partial charge in [-0.1, -0.05) is 51.7 Å². The maximum Gasteiger partial charge on any atom is -0.0232 e. The van der Waals surface area contributed by atoms with E-state index in [1.807, 2.05) is 0 Å². The summed E-state index contributed by atoms with van der Waals surface area (Å²) >= 11 is 0. The Morgan fingerprint density at radius 2 is 1.86 bits per heavy atom. The van der Waals surface area contributed by atoms with Crippen LogP contribution in [0.1, 0.15) is 65.7 Å². The van der Waals surface area contributed by atoms with Crippen molar-refractivity contribution in [1.29, 1.82) is 0 Å². The molecule has 0 aromatic heterocycles. The highest BCUT2D eigenvalue weighted by molar-refractivity contribution is 5.05. The van der Waals surface area contributed by atoms with Gasteiger partial charge < -0.3 is 0 Å². The molecule has 0 spiro atoms. The van der Waals surface area contributed by atoms with Crippen molar-refractivity contribution in [3.05, 3.63) is 11.6 Å². The number of allylic oxidation sites excluding steroid dienone is 2. The highest BCUT2D eigenvalue weighted by Gasteiger charge is 2.12. The zero-order valence-electron chi connectivity index (χ0n) is 10.2. The third-order valence-corrected chi connectivity index (χ3v) is 3.60. The lowest BCUT2D eigenvalue weighted by Gasteiger charge is -2.14. The van der Waals surface area contributed by atoms with Gasteiger partial charge in [0.1, 0.15) is 0 Å². The minimum Gasteiger partial charge on any atom is -0.0853 e. The second kappa shape index (κ2) is 6.27. The Morgan fingerprint density at radius 1 is 1.14 bits per heavy atom. The maximum atomic E-state index is 2.47.